The van der Waals surface area contributed by atoms with Crippen LogP contribution in [0.5, 0.6) is 0 Å². The zero-order valence-electron chi connectivity index (χ0n) is 28.8. The van der Waals surface area contributed by atoms with E-state index in [0.717, 1.165) is 44.7 Å². The largest absolute Gasteiger partial charge is 0.456 e. The van der Waals surface area contributed by atoms with Crippen LogP contribution in [0.4, 0.5) is 17.1 Å². The van der Waals surface area contributed by atoms with Crippen LogP contribution in [-0.2, 0) is 0 Å². The van der Waals surface area contributed by atoms with E-state index in [2.05, 4.69) is 198 Å². The molecule has 11 aromatic rings. The molecule has 0 atom stereocenters. The summed E-state index contributed by atoms with van der Waals surface area (Å²) in [7, 11) is 0. The molecule has 3 nitrogen and oxygen atoms in total. The summed E-state index contributed by atoms with van der Waals surface area (Å²) in [5.74, 6) is 0. The second-order valence-corrected chi connectivity index (χ2v) is 13.7. The molecular formula is C50H32N2O. The van der Waals surface area contributed by atoms with Gasteiger partial charge < -0.3 is 13.9 Å². The van der Waals surface area contributed by atoms with Crippen molar-refractivity contribution < 1.29 is 4.42 Å². The highest BCUT2D eigenvalue weighted by molar-refractivity contribution is 6.19. The Kier molecular flexibility index (Phi) is 6.55. The summed E-state index contributed by atoms with van der Waals surface area (Å²) in [5, 5.41) is 9.46. The van der Waals surface area contributed by atoms with Gasteiger partial charge in [0.15, 0.2) is 0 Å². The fourth-order valence-electron chi connectivity index (χ4n) is 8.32. The summed E-state index contributed by atoms with van der Waals surface area (Å²) in [4.78, 5) is 2.42. The van der Waals surface area contributed by atoms with Gasteiger partial charge in [-0.25, -0.2) is 0 Å². The van der Waals surface area contributed by atoms with E-state index in [0.29, 0.717) is 0 Å². The van der Waals surface area contributed by atoms with Crippen LogP contribution in [0.1, 0.15) is 0 Å². The quantitative estimate of drug-likeness (QED) is 0.169. The highest BCUT2D eigenvalue weighted by Gasteiger charge is 2.20. The zero-order chi connectivity index (χ0) is 34.9. The Morgan fingerprint density at radius 3 is 1.74 bits per heavy atom. The molecular weight excluding hydrogens is 645 g/mol. The molecule has 0 unspecified atom stereocenters. The number of nitrogens with zero attached hydrogens (tertiary/aromatic N) is 2. The molecule has 0 aliphatic carbocycles. The lowest BCUT2D eigenvalue weighted by atomic mass is 9.97. The number of anilines is 3. The Morgan fingerprint density at radius 2 is 0.981 bits per heavy atom. The maximum atomic E-state index is 6.37. The Bertz CT molecular complexity index is 3120. The van der Waals surface area contributed by atoms with Crippen LogP contribution in [0.2, 0.25) is 0 Å². The number of hydrogen-bond donors (Lipinski definition) is 0. The molecule has 0 aliphatic heterocycles. The first kappa shape index (κ1) is 29.6. The average Bonchev–Trinajstić information content (AvgIpc) is 3.76. The van der Waals surface area contributed by atoms with Crippen LogP contribution < -0.4 is 4.90 Å². The Labute approximate surface area is 306 Å². The third-order valence-corrected chi connectivity index (χ3v) is 10.7. The summed E-state index contributed by atoms with van der Waals surface area (Å²) in [6.45, 7) is 0. The number of rotatable bonds is 5. The number of benzene rings is 9. The van der Waals surface area contributed by atoms with Crippen molar-refractivity contribution in [3.05, 3.63) is 194 Å². The van der Waals surface area contributed by atoms with Crippen LogP contribution >= 0.6 is 0 Å². The van der Waals surface area contributed by atoms with Crippen LogP contribution in [-0.4, -0.2) is 4.57 Å². The van der Waals surface area contributed by atoms with Gasteiger partial charge in [0, 0.05) is 44.0 Å². The fraction of sp³-hybridized carbons (Fsp3) is 0. The second-order valence-electron chi connectivity index (χ2n) is 13.7. The summed E-state index contributed by atoms with van der Waals surface area (Å²) in [5.41, 5.74) is 11.0. The lowest BCUT2D eigenvalue weighted by Crippen LogP contribution is -2.11. The summed E-state index contributed by atoms with van der Waals surface area (Å²) >= 11 is 0. The van der Waals surface area contributed by atoms with Crippen molar-refractivity contribution in [3.63, 3.8) is 0 Å². The molecule has 0 amide bonds. The van der Waals surface area contributed by atoms with Crippen molar-refractivity contribution in [2.75, 3.05) is 4.90 Å². The number of furan rings is 1. The highest BCUT2D eigenvalue weighted by Crippen LogP contribution is 2.45. The van der Waals surface area contributed by atoms with Gasteiger partial charge in [0.2, 0.25) is 0 Å². The third-order valence-electron chi connectivity index (χ3n) is 10.7. The maximum absolute atomic E-state index is 6.37. The van der Waals surface area contributed by atoms with Gasteiger partial charge in [-0.2, -0.15) is 0 Å². The van der Waals surface area contributed by atoms with Crippen molar-refractivity contribution in [2.24, 2.45) is 0 Å². The van der Waals surface area contributed by atoms with Crippen molar-refractivity contribution in [2.45, 2.75) is 0 Å². The molecule has 0 spiro atoms. The molecule has 0 radical (unpaired) electrons. The molecule has 0 bridgehead atoms. The van der Waals surface area contributed by atoms with Gasteiger partial charge in [-0.1, -0.05) is 127 Å². The van der Waals surface area contributed by atoms with E-state index in [9.17, 15) is 0 Å². The van der Waals surface area contributed by atoms with E-state index in [1.165, 1.54) is 54.5 Å². The predicted molar refractivity (Wildman–Crippen MR) is 223 cm³/mol. The molecule has 2 aromatic heterocycles. The minimum absolute atomic E-state index is 0.906. The van der Waals surface area contributed by atoms with E-state index >= 15 is 0 Å². The minimum Gasteiger partial charge on any atom is -0.456 e. The Hall–Kier alpha value is -7.10. The van der Waals surface area contributed by atoms with Crippen molar-refractivity contribution >= 4 is 82.4 Å². The monoisotopic (exact) mass is 676 g/mol. The lowest BCUT2D eigenvalue weighted by molar-refractivity contribution is 0.669. The van der Waals surface area contributed by atoms with Gasteiger partial charge in [0.05, 0.1) is 16.7 Å². The molecule has 0 saturated heterocycles. The van der Waals surface area contributed by atoms with Crippen LogP contribution in [0, 0.1) is 0 Å². The lowest BCUT2D eigenvalue weighted by Gasteiger charge is -2.28. The third kappa shape index (κ3) is 4.68. The number of aromatic nitrogens is 1. The second kappa shape index (κ2) is 11.7. The van der Waals surface area contributed by atoms with Gasteiger partial charge in [-0.15, -0.1) is 0 Å². The minimum atomic E-state index is 0.906. The zero-order valence-corrected chi connectivity index (χ0v) is 28.8. The van der Waals surface area contributed by atoms with Crippen LogP contribution in [0.15, 0.2) is 199 Å². The normalized spacial score (nSPS) is 11.8. The molecule has 0 saturated carbocycles. The molecule has 2 heterocycles. The smallest absolute Gasteiger partial charge is 0.136 e. The Balaban J connectivity index is 1.18. The van der Waals surface area contributed by atoms with Crippen molar-refractivity contribution in [1.29, 1.82) is 0 Å². The van der Waals surface area contributed by atoms with Crippen LogP contribution in [0.25, 0.3) is 82.1 Å². The van der Waals surface area contributed by atoms with Gasteiger partial charge in [-0.3, -0.25) is 0 Å². The number of fused-ring (bicyclic) bond motifs is 9. The standard InChI is InChI=1S/C50H32N2O/c1-2-13-33(14-3-1)34-25-27-36(28-26-34)51(37-15-12-16-38(31-37)52-46-22-9-6-19-41(46)42-20-7-10-23-47(42)52)48-30-35-29-45-43-21-8-11-24-49(43)53-50(45)32-44(35)39-17-4-5-18-40(39)48/h1-32H. The Morgan fingerprint density at radius 1 is 0.358 bits per heavy atom. The van der Waals surface area contributed by atoms with Crippen molar-refractivity contribution in [1.82, 2.24) is 4.57 Å². The van der Waals surface area contributed by atoms with Gasteiger partial charge in [-0.05, 0) is 94.0 Å². The van der Waals surface area contributed by atoms with Gasteiger partial charge in [0.1, 0.15) is 11.2 Å². The van der Waals surface area contributed by atoms with E-state index < -0.39 is 0 Å². The first-order valence-corrected chi connectivity index (χ1v) is 18.1. The summed E-state index contributed by atoms with van der Waals surface area (Å²) in [6, 6.07) is 69.9. The molecule has 3 heteroatoms. The first-order chi connectivity index (χ1) is 26.3. The van der Waals surface area contributed by atoms with Gasteiger partial charge >= 0.3 is 0 Å². The number of para-hydroxylation sites is 3. The summed E-state index contributed by atoms with van der Waals surface area (Å²) in [6.07, 6.45) is 0. The molecule has 248 valence electrons. The molecule has 11 rings (SSSR count). The number of hydrogen-bond acceptors (Lipinski definition) is 2. The SMILES string of the molecule is c1ccc(-c2ccc(N(c3cccc(-n4c5ccccc5c5ccccc54)c3)c3cc4cc5c(cc4c4ccccc34)oc3ccccc35)cc2)cc1. The average molecular weight is 677 g/mol. The van der Waals surface area contributed by atoms with E-state index in [1.807, 2.05) is 6.07 Å². The first-order valence-electron chi connectivity index (χ1n) is 18.1. The molecule has 53 heavy (non-hydrogen) atoms. The topological polar surface area (TPSA) is 21.3 Å². The fourth-order valence-corrected chi connectivity index (χ4v) is 8.32. The maximum Gasteiger partial charge on any atom is 0.136 e. The molecule has 0 fully saturated rings. The van der Waals surface area contributed by atoms with E-state index in [-0.39, 0.29) is 0 Å². The molecule has 0 aliphatic rings. The highest BCUT2D eigenvalue weighted by atomic mass is 16.3. The molecule has 9 aromatic carbocycles. The summed E-state index contributed by atoms with van der Waals surface area (Å²) < 4.78 is 8.76. The van der Waals surface area contributed by atoms with Gasteiger partial charge in [0.25, 0.3) is 0 Å². The van der Waals surface area contributed by atoms with Crippen LogP contribution in [0.3, 0.4) is 0 Å². The van der Waals surface area contributed by atoms with E-state index in [4.69, 9.17) is 4.42 Å². The van der Waals surface area contributed by atoms with Crippen molar-refractivity contribution in [3.8, 4) is 16.8 Å². The van der Waals surface area contributed by atoms with E-state index in [1.54, 1.807) is 0 Å². The predicted octanol–water partition coefficient (Wildman–Crippen LogP) is 14.1. The molecule has 0 N–H and O–H groups in total.